The van der Waals surface area contributed by atoms with Crippen molar-refractivity contribution in [1.82, 2.24) is 19.3 Å². The summed E-state index contributed by atoms with van der Waals surface area (Å²) in [7, 11) is 1.93. The quantitative estimate of drug-likeness (QED) is 0.693. The van der Waals surface area contributed by atoms with E-state index in [1.54, 1.807) is 18.1 Å². The number of carbonyl (C=O) groups is 1. The van der Waals surface area contributed by atoms with Crippen LogP contribution < -0.4 is 5.32 Å². The van der Waals surface area contributed by atoms with Crippen molar-refractivity contribution < 1.29 is 4.79 Å². The fraction of sp³-hybridized carbons (Fsp3) is 0.235. The van der Waals surface area contributed by atoms with E-state index in [0.29, 0.717) is 11.6 Å². The number of nitrogens with zero attached hydrogens (tertiary/aromatic N) is 4. The Labute approximate surface area is 157 Å². The van der Waals surface area contributed by atoms with Gasteiger partial charge in [0.25, 0.3) is 0 Å². The van der Waals surface area contributed by atoms with Crippen LogP contribution >= 0.6 is 27.7 Å². The number of halogens is 1. The summed E-state index contributed by atoms with van der Waals surface area (Å²) in [5.41, 5.74) is 4.14. The van der Waals surface area contributed by atoms with Crippen molar-refractivity contribution in [3.05, 3.63) is 58.2 Å². The smallest absolute Gasteiger partial charge is 0.235 e. The molecule has 0 aliphatic carbocycles. The molecule has 0 saturated heterocycles. The Balaban J connectivity index is 1.91. The molecule has 1 atom stereocenters. The lowest BCUT2D eigenvalue weighted by molar-refractivity contribution is -0.113. The van der Waals surface area contributed by atoms with Gasteiger partial charge in [-0.25, -0.2) is 4.98 Å². The molecular weight excluding hydrogens is 402 g/mol. The summed E-state index contributed by atoms with van der Waals surface area (Å²) < 4.78 is 4.89. The predicted octanol–water partition coefficient (Wildman–Crippen LogP) is 3.45. The minimum absolute atomic E-state index is 0.0240. The topological polar surface area (TPSA) is 64.7 Å². The summed E-state index contributed by atoms with van der Waals surface area (Å²) in [6.45, 7) is 2.04. The van der Waals surface area contributed by atoms with Gasteiger partial charge in [-0.1, -0.05) is 22.0 Å². The molecule has 1 amide bonds. The van der Waals surface area contributed by atoms with Crippen LogP contribution in [-0.4, -0.2) is 31.0 Å². The van der Waals surface area contributed by atoms with E-state index in [4.69, 9.17) is 0 Å². The number of aromatic nitrogens is 4. The largest absolute Gasteiger partial charge is 0.308 e. The molecule has 8 heteroatoms. The highest BCUT2D eigenvalue weighted by atomic mass is 79.9. The molecule has 0 fully saturated rings. The minimum Gasteiger partial charge on any atom is -0.308 e. The predicted molar refractivity (Wildman–Crippen MR) is 102 cm³/mol. The third kappa shape index (κ3) is 2.89. The van der Waals surface area contributed by atoms with Crippen LogP contribution in [0.25, 0.3) is 5.69 Å². The number of aryl methyl sites for hydroxylation is 1. The SMILES string of the molecule is Cc1c(C2SCC(=O)Nc3ncn(-c4cccc(Br)c4)c32)cnn1C. The van der Waals surface area contributed by atoms with Crippen molar-refractivity contribution in [2.24, 2.45) is 7.05 Å². The van der Waals surface area contributed by atoms with Gasteiger partial charge < -0.3 is 5.32 Å². The number of nitrogens with one attached hydrogen (secondary N) is 1. The van der Waals surface area contributed by atoms with E-state index < -0.39 is 0 Å². The van der Waals surface area contributed by atoms with Gasteiger partial charge in [-0.3, -0.25) is 14.0 Å². The standard InChI is InChI=1S/C17H16BrN5OS/c1-10-13(7-20-22(10)2)16-15-17(21-14(24)8-25-16)19-9-23(15)12-5-3-4-11(18)6-12/h3-7,9,16H,8H2,1-2H3,(H,21,24). The molecule has 1 unspecified atom stereocenters. The van der Waals surface area contributed by atoms with Gasteiger partial charge in [0.2, 0.25) is 5.91 Å². The zero-order chi connectivity index (χ0) is 17.6. The lowest BCUT2D eigenvalue weighted by Crippen LogP contribution is -2.12. The number of amides is 1. The van der Waals surface area contributed by atoms with Crippen LogP contribution in [0.2, 0.25) is 0 Å². The fourth-order valence-electron chi connectivity index (χ4n) is 2.95. The van der Waals surface area contributed by atoms with E-state index in [-0.39, 0.29) is 11.2 Å². The van der Waals surface area contributed by atoms with Crippen molar-refractivity contribution in [1.29, 1.82) is 0 Å². The van der Waals surface area contributed by atoms with Crippen LogP contribution in [0, 0.1) is 6.92 Å². The number of benzene rings is 1. The average Bonchev–Trinajstić information content (AvgIpc) is 3.09. The van der Waals surface area contributed by atoms with Crippen molar-refractivity contribution in [2.75, 3.05) is 11.1 Å². The van der Waals surface area contributed by atoms with Gasteiger partial charge >= 0.3 is 0 Å². The molecule has 6 nitrogen and oxygen atoms in total. The van der Waals surface area contributed by atoms with Gasteiger partial charge in [0.1, 0.15) is 6.33 Å². The zero-order valence-electron chi connectivity index (χ0n) is 13.7. The summed E-state index contributed by atoms with van der Waals surface area (Å²) in [6, 6.07) is 8.03. The van der Waals surface area contributed by atoms with Crippen LogP contribution in [-0.2, 0) is 11.8 Å². The first-order chi connectivity index (χ1) is 12.0. The van der Waals surface area contributed by atoms with E-state index in [9.17, 15) is 4.79 Å². The third-order valence-electron chi connectivity index (χ3n) is 4.33. The second-order valence-corrected chi connectivity index (χ2v) is 7.89. The van der Waals surface area contributed by atoms with Crippen LogP contribution in [0.15, 0.2) is 41.3 Å². The van der Waals surface area contributed by atoms with Crippen molar-refractivity contribution >= 4 is 39.4 Å². The number of hydrogen-bond acceptors (Lipinski definition) is 4. The van der Waals surface area contributed by atoms with Crippen molar-refractivity contribution in [3.63, 3.8) is 0 Å². The summed E-state index contributed by atoms with van der Waals surface area (Å²) in [5.74, 6) is 0.964. The normalized spacial score (nSPS) is 17.1. The maximum Gasteiger partial charge on any atom is 0.235 e. The Morgan fingerprint density at radius 1 is 1.40 bits per heavy atom. The number of imidazole rings is 1. The van der Waals surface area contributed by atoms with Crippen molar-refractivity contribution in [2.45, 2.75) is 12.2 Å². The van der Waals surface area contributed by atoms with Crippen LogP contribution in [0.1, 0.15) is 22.2 Å². The second kappa shape index (κ2) is 6.34. The number of hydrogen-bond donors (Lipinski definition) is 1. The Morgan fingerprint density at radius 3 is 2.96 bits per heavy atom. The molecule has 1 N–H and O–H groups in total. The first kappa shape index (κ1) is 16.4. The van der Waals surface area contributed by atoms with Gasteiger partial charge in [0.15, 0.2) is 5.82 Å². The van der Waals surface area contributed by atoms with Gasteiger partial charge in [0, 0.05) is 28.5 Å². The first-order valence-corrected chi connectivity index (χ1v) is 9.62. The van der Waals surface area contributed by atoms with Crippen LogP contribution in [0.3, 0.4) is 0 Å². The Bertz CT molecular complexity index is 964. The molecule has 4 rings (SSSR count). The monoisotopic (exact) mass is 417 g/mol. The molecule has 3 heterocycles. The van der Waals surface area contributed by atoms with E-state index >= 15 is 0 Å². The maximum atomic E-state index is 12.1. The second-order valence-electron chi connectivity index (χ2n) is 5.88. The number of anilines is 1. The molecule has 128 valence electrons. The van der Waals surface area contributed by atoms with E-state index in [2.05, 4.69) is 31.3 Å². The number of carbonyl (C=O) groups excluding carboxylic acids is 1. The van der Waals surface area contributed by atoms with Gasteiger partial charge in [-0.05, 0) is 25.1 Å². The molecule has 2 aromatic heterocycles. The van der Waals surface area contributed by atoms with E-state index in [0.717, 1.165) is 27.1 Å². The number of fused-ring (bicyclic) bond motifs is 1. The molecule has 1 aliphatic heterocycles. The summed E-state index contributed by atoms with van der Waals surface area (Å²) in [5, 5.41) is 7.27. The lowest BCUT2D eigenvalue weighted by Gasteiger charge is -2.17. The molecule has 1 aromatic carbocycles. The molecule has 0 spiro atoms. The Kier molecular flexibility index (Phi) is 4.16. The summed E-state index contributed by atoms with van der Waals surface area (Å²) in [4.78, 5) is 16.6. The Morgan fingerprint density at radius 2 is 2.24 bits per heavy atom. The molecule has 3 aromatic rings. The molecule has 0 bridgehead atoms. The Hall–Kier alpha value is -2.06. The number of rotatable bonds is 2. The van der Waals surface area contributed by atoms with Crippen molar-refractivity contribution in [3.8, 4) is 5.69 Å². The third-order valence-corrected chi connectivity index (χ3v) is 6.07. The average molecular weight is 418 g/mol. The summed E-state index contributed by atoms with van der Waals surface area (Å²) >= 11 is 5.12. The van der Waals surface area contributed by atoms with Crippen LogP contribution in [0.4, 0.5) is 5.82 Å². The molecule has 0 saturated carbocycles. The molecular formula is C17H16BrN5OS. The maximum absolute atomic E-state index is 12.1. The first-order valence-electron chi connectivity index (χ1n) is 7.77. The molecule has 0 radical (unpaired) electrons. The highest BCUT2D eigenvalue weighted by Crippen LogP contribution is 2.43. The zero-order valence-corrected chi connectivity index (χ0v) is 16.1. The summed E-state index contributed by atoms with van der Waals surface area (Å²) in [6.07, 6.45) is 3.64. The van der Waals surface area contributed by atoms with Crippen LogP contribution in [0.5, 0.6) is 0 Å². The van der Waals surface area contributed by atoms with Gasteiger partial charge in [-0.15, -0.1) is 11.8 Å². The minimum atomic E-state index is -0.0326. The molecule has 1 aliphatic rings. The molecule has 25 heavy (non-hydrogen) atoms. The van der Waals surface area contributed by atoms with E-state index in [1.807, 2.05) is 53.7 Å². The van der Waals surface area contributed by atoms with Gasteiger partial charge in [-0.2, -0.15) is 5.10 Å². The van der Waals surface area contributed by atoms with Gasteiger partial charge in [0.05, 0.1) is 22.9 Å². The number of thioether (sulfide) groups is 1. The lowest BCUT2D eigenvalue weighted by atomic mass is 10.1. The van der Waals surface area contributed by atoms with E-state index in [1.165, 1.54) is 0 Å². The fourth-order valence-corrected chi connectivity index (χ4v) is 4.52. The highest BCUT2D eigenvalue weighted by molar-refractivity contribution is 9.10. The highest BCUT2D eigenvalue weighted by Gasteiger charge is 2.31.